The molecule has 3 rings (SSSR count). The van der Waals surface area contributed by atoms with E-state index in [-0.39, 0.29) is 0 Å². The SMILES string of the molecule is Cc1nnc(NC2CCCc3occc32)s1. The lowest BCUT2D eigenvalue weighted by Crippen LogP contribution is -2.15. The van der Waals surface area contributed by atoms with Gasteiger partial charge in [-0.15, -0.1) is 10.2 Å². The number of rotatable bonds is 2. The lowest BCUT2D eigenvalue weighted by molar-refractivity contribution is 0.461. The Balaban J connectivity index is 1.82. The van der Waals surface area contributed by atoms with Gasteiger partial charge in [-0.2, -0.15) is 0 Å². The van der Waals surface area contributed by atoms with E-state index in [2.05, 4.69) is 21.6 Å². The first kappa shape index (κ1) is 9.84. The predicted octanol–water partition coefficient (Wildman–Crippen LogP) is 2.93. The lowest BCUT2D eigenvalue weighted by atomic mass is 9.94. The van der Waals surface area contributed by atoms with Crippen LogP contribution in [-0.4, -0.2) is 10.2 Å². The maximum Gasteiger partial charge on any atom is 0.206 e. The highest BCUT2D eigenvalue weighted by atomic mass is 32.1. The first-order valence-electron chi connectivity index (χ1n) is 5.46. The van der Waals surface area contributed by atoms with Gasteiger partial charge >= 0.3 is 0 Å². The molecular weight excluding hydrogens is 222 g/mol. The predicted molar refractivity (Wildman–Crippen MR) is 62.7 cm³/mol. The van der Waals surface area contributed by atoms with E-state index in [0.717, 1.165) is 35.2 Å². The van der Waals surface area contributed by atoms with Crippen LogP contribution in [0.25, 0.3) is 0 Å². The monoisotopic (exact) mass is 235 g/mol. The van der Waals surface area contributed by atoms with Crippen LogP contribution in [-0.2, 0) is 6.42 Å². The molecule has 1 unspecified atom stereocenters. The molecule has 0 fully saturated rings. The van der Waals surface area contributed by atoms with Crippen molar-refractivity contribution in [1.82, 2.24) is 10.2 Å². The molecule has 2 aromatic rings. The van der Waals surface area contributed by atoms with E-state index < -0.39 is 0 Å². The van der Waals surface area contributed by atoms with Crippen molar-refractivity contribution in [1.29, 1.82) is 0 Å². The van der Waals surface area contributed by atoms with Crippen LogP contribution in [0.2, 0.25) is 0 Å². The fourth-order valence-electron chi connectivity index (χ4n) is 2.14. The molecule has 5 heteroatoms. The number of nitrogens with one attached hydrogen (secondary N) is 1. The Hall–Kier alpha value is -1.36. The summed E-state index contributed by atoms with van der Waals surface area (Å²) in [5.74, 6) is 1.12. The molecule has 1 aliphatic rings. The lowest BCUT2D eigenvalue weighted by Gasteiger charge is -2.21. The minimum absolute atomic E-state index is 0.329. The summed E-state index contributed by atoms with van der Waals surface area (Å²) in [6.07, 6.45) is 5.12. The molecule has 0 radical (unpaired) electrons. The Labute approximate surface area is 97.7 Å². The number of hydrogen-bond acceptors (Lipinski definition) is 5. The molecule has 0 aliphatic heterocycles. The number of aryl methyl sites for hydroxylation is 2. The summed E-state index contributed by atoms with van der Waals surface area (Å²) in [5, 5.41) is 13.4. The maximum atomic E-state index is 5.46. The second-order valence-electron chi connectivity index (χ2n) is 4.01. The van der Waals surface area contributed by atoms with Gasteiger partial charge in [-0.1, -0.05) is 11.3 Å². The Morgan fingerprint density at radius 3 is 3.25 bits per heavy atom. The van der Waals surface area contributed by atoms with Gasteiger partial charge in [0.25, 0.3) is 0 Å². The van der Waals surface area contributed by atoms with Gasteiger partial charge in [0, 0.05) is 12.0 Å². The zero-order valence-corrected chi connectivity index (χ0v) is 9.88. The molecule has 16 heavy (non-hydrogen) atoms. The standard InChI is InChI=1S/C11H13N3OS/c1-7-13-14-11(16-7)12-9-3-2-4-10-8(9)5-6-15-10/h5-6,9H,2-4H2,1H3,(H,12,14). The zero-order chi connectivity index (χ0) is 11.0. The van der Waals surface area contributed by atoms with E-state index >= 15 is 0 Å². The van der Waals surface area contributed by atoms with Gasteiger partial charge in [-0.3, -0.25) is 0 Å². The molecule has 0 spiro atoms. The van der Waals surface area contributed by atoms with Crippen molar-refractivity contribution < 1.29 is 4.42 Å². The van der Waals surface area contributed by atoms with Crippen molar-refractivity contribution >= 4 is 16.5 Å². The zero-order valence-electron chi connectivity index (χ0n) is 9.06. The number of aromatic nitrogens is 2. The van der Waals surface area contributed by atoms with Crippen molar-refractivity contribution in [3.8, 4) is 0 Å². The molecule has 4 nitrogen and oxygen atoms in total. The maximum absolute atomic E-state index is 5.46. The summed E-state index contributed by atoms with van der Waals surface area (Å²) in [7, 11) is 0. The Kier molecular flexibility index (Phi) is 2.40. The van der Waals surface area contributed by atoms with E-state index in [1.54, 1.807) is 17.6 Å². The topological polar surface area (TPSA) is 51.0 Å². The van der Waals surface area contributed by atoms with Crippen molar-refractivity contribution in [2.75, 3.05) is 5.32 Å². The van der Waals surface area contributed by atoms with Gasteiger partial charge in [0.15, 0.2) is 0 Å². The molecule has 1 atom stereocenters. The molecule has 0 aromatic carbocycles. The third-order valence-electron chi connectivity index (χ3n) is 2.88. The quantitative estimate of drug-likeness (QED) is 0.869. The van der Waals surface area contributed by atoms with Crippen LogP contribution in [0.4, 0.5) is 5.13 Å². The van der Waals surface area contributed by atoms with Gasteiger partial charge < -0.3 is 9.73 Å². The molecule has 0 saturated heterocycles. The molecule has 0 saturated carbocycles. The Bertz CT molecular complexity index is 491. The Morgan fingerprint density at radius 2 is 2.44 bits per heavy atom. The van der Waals surface area contributed by atoms with Crippen LogP contribution in [0.15, 0.2) is 16.7 Å². The van der Waals surface area contributed by atoms with Gasteiger partial charge in [0.05, 0.1) is 12.3 Å². The fraction of sp³-hybridized carbons (Fsp3) is 0.455. The third-order valence-corrected chi connectivity index (χ3v) is 3.65. The second-order valence-corrected chi connectivity index (χ2v) is 5.20. The van der Waals surface area contributed by atoms with Crippen LogP contribution < -0.4 is 5.32 Å². The summed E-state index contributed by atoms with van der Waals surface area (Å²) >= 11 is 1.59. The van der Waals surface area contributed by atoms with Gasteiger partial charge in [0.1, 0.15) is 10.8 Å². The van der Waals surface area contributed by atoms with E-state index in [9.17, 15) is 0 Å². The largest absolute Gasteiger partial charge is 0.469 e. The van der Waals surface area contributed by atoms with Crippen molar-refractivity contribution in [2.24, 2.45) is 0 Å². The first-order chi connectivity index (χ1) is 7.83. The first-order valence-corrected chi connectivity index (χ1v) is 6.27. The summed E-state index contributed by atoms with van der Waals surface area (Å²) in [6, 6.07) is 2.38. The average Bonchev–Trinajstić information content (AvgIpc) is 2.87. The molecule has 2 aromatic heterocycles. The van der Waals surface area contributed by atoms with Gasteiger partial charge in [0.2, 0.25) is 5.13 Å². The number of nitrogens with zero attached hydrogens (tertiary/aromatic N) is 2. The number of fused-ring (bicyclic) bond motifs is 1. The third kappa shape index (κ3) is 1.71. The highest BCUT2D eigenvalue weighted by Gasteiger charge is 2.23. The Morgan fingerprint density at radius 1 is 1.50 bits per heavy atom. The summed E-state index contributed by atoms with van der Waals surface area (Å²) in [6.45, 7) is 1.97. The fourth-order valence-corrected chi connectivity index (χ4v) is 2.78. The van der Waals surface area contributed by atoms with Crippen LogP contribution in [0.1, 0.15) is 35.2 Å². The van der Waals surface area contributed by atoms with Crippen molar-refractivity contribution in [3.05, 3.63) is 28.7 Å². The van der Waals surface area contributed by atoms with E-state index in [0.29, 0.717) is 6.04 Å². The van der Waals surface area contributed by atoms with Crippen molar-refractivity contribution in [2.45, 2.75) is 32.2 Å². The smallest absolute Gasteiger partial charge is 0.206 e. The van der Waals surface area contributed by atoms with E-state index in [4.69, 9.17) is 4.42 Å². The van der Waals surface area contributed by atoms with E-state index in [1.165, 1.54) is 5.56 Å². The van der Waals surface area contributed by atoms with Crippen LogP contribution in [0, 0.1) is 6.92 Å². The highest BCUT2D eigenvalue weighted by Crippen LogP contribution is 2.33. The van der Waals surface area contributed by atoms with Gasteiger partial charge in [-0.25, -0.2) is 0 Å². The number of furan rings is 1. The normalized spacial score (nSPS) is 19.4. The molecule has 1 aliphatic carbocycles. The molecular formula is C11H13N3OS. The molecule has 84 valence electrons. The molecule has 0 bridgehead atoms. The average molecular weight is 235 g/mol. The molecule has 2 heterocycles. The minimum Gasteiger partial charge on any atom is -0.469 e. The summed E-state index contributed by atoms with van der Waals surface area (Å²) < 4.78 is 5.46. The minimum atomic E-state index is 0.329. The van der Waals surface area contributed by atoms with Gasteiger partial charge in [-0.05, 0) is 25.8 Å². The summed E-state index contributed by atoms with van der Waals surface area (Å²) in [4.78, 5) is 0. The number of hydrogen-bond donors (Lipinski definition) is 1. The number of anilines is 1. The van der Waals surface area contributed by atoms with Crippen LogP contribution in [0.5, 0.6) is 0 Å². The van der Waals surface area contributed by atoms with Crippen LogP contribution in [0.3, 0.4) is 0 Å². The van der Waals surface area contributed by atoms with Crippen molar-refractivity contribution in [3.63, 3.8) is 0 Å². The van der Waals surface area contributed by atoms with E-state index in [1.807, 2.05) is 6.92 Å². The highest BCUT2D eigenvalue weighted by molar-refractivity contribution is 7.15. The second kappa shape index (κ2) is 3.90. The molecule has 1 N–H and O–H groups in total. The van der Waals surface area contributed by atoms with Crippen LogP contribution >= 0.6 is 11.3 Å². The summed E-state index contributed by atoms with van der Waals surface area (Å²) in [5.41, 5.74) is 1.28. The molecule has 0 amide bonds.